The minimum atomic E-state index is -3.60. The van der Waals surface area contributed by atoms with Crippen molar-refractivity contribution in [2.45, 2.75) is 24.8 Å². The maximum Gasteiger partial charge on any atom is 0.240 e. The van der Waals surface area contributed by atoms with Crippen LogP contribution in [-0.2, 0) is 16.6 Å². The molecule has 0 spiro atoms. The van der Waals surface area contributed by atoms with Gasteiger partial charge in [0.2, 0.25) is 10.0 Å². The van der Waals surface area contributed by atoms with E-state index in [2.05, 4.69) is 4.72 Å². The molecule has 1 N–H and O–H groups in total. The number of benzene rings is 1. The summed E-state index contributed by atoms with van der Waals surface area (Å²) in [5.41, 5.74) is 0.423. The van der Waals surface area contributed by atoms with Gasteiger partial charge in [-0.05, 0) is 23.6 Å². The first-order valence-electron chi connectivity index (χ1n) is 6.18. The molecule has 4 nitrogen and oxygen atoms in total. The van der Waals surface area contributed by atoms with Gasteiger partial charge in [0, 0.05) is 23.4 Å². The quantitative estimate of drug-likeness (QED) is 0.835. The molecule has 6 heteroatoms. The number of ketones is 1. The number of Topliss-reactive ketones (excluding diaryl/α,β-unsaturated/α-hetero) is 1. The van der Waals surface area contributed by atoms with Crippen molar-refractivity contribution in [1.82, 2.24) is 4.72 Å². The van der Waals surface area contributed by atoms with Crippen molar-refractivity contribution in [3.05, 3.63) is 52.2 Å². The molecule has 0 saturated heterocycles. The first-order valence-corrected chi connectivity index (χ1v) is 8.54. The predicted molar refractivity (Wildman–Crippen MR) is 79.4 cm³/mol. The van der Waals surface area contributed by atoms with Crippen LogP contribution in [0.1, 0.15) is 28.6 Å². The summed E-state index contributed by atoms with van der Waals surface area (Å²) in [6.07, 6.45) is 0.353. The van der Waals surface area contributed by atoms with Gasteiger partial charge in [0.05, 0.1) is 4.90 Å². The molecule has 0 aliphatic heterocycles. The topological polar surface area (TPSA) is 63.2 Å². The fourth-order valence-electron chi connectivity index (χ4n) is 1.70. The molecular formula is C14H15NO3S2. The Morgan fingerprint density at radius 2 is 2.05 bits per heavy atom. The number of rotatable bonds is 6. The number of sulfonamides is 1. The normalized spacial score (nSPS) is 11.4. The molecule has 0 aliphatic rings. The van der Waals surface area contributed by atoms with Crippen molar-refractivity contribution in [3.8, 4) is 0 Å². The molecule has 1 aromatic carbocycles. The fourth-order valence-corrected chi connectivity index (χ4v) is 3.49. The van der Waals surface area contributed by atoms with Crippen LogP contribution in [-0.4, -0.2) is 14.2 Å². The van der Waals surface area contributed by atoms with E-state index in [9.17, 15) is 13.2 Å². The van der Waals surface area contributed by atoms with Gasteiger partial charge in [0.25, 0.3) is 0 Å². The van der Waals surface area contributed by atoms with Gasteiger partial charge in [-0.2, -0.15) is 0 Å². The highest BCUT2D eigenvalue weighted by atomic mass is 32.2. The highest BCUT2D eigenvalue weighted by Crippen LogP contribution is 2.14. The Kier molecular flexibility index (Phi) is 4.69. The zero-order chi connectivity index (χ0) is 14.6. The van der Waals surface area contributed by atoms with E-state index in [1.807, 2.05) is 17.5 Å². The van der Waals surface area contributed by atoms with Crippen LogP contribution in [0.15, 0.2) is 46.7 Å². The van der Waals surface area contributed by atoms with E-state index in [0.29, 0.717) is 12.0 Å². The van der Waals surface area contributed by atoms with Crippen LogP contribution in [0.2, 0.25) is 0 Å². The summed E-state index contributed by atoms with van der Waals surface area (Å²) >= 11 is 1.49. The number of carbonyl (C=O) groups excluding carboxylic acids is 1. The molecule has 0 radical (unpaired) electrons. The SMILES string of the molecule is CCC(=O)c1cccc(S(=O)(=O)NCc2cccs2)c1. The number of nitrogens with one attached hydrogen (secondary N) is 1. The Balaban J connectivity index is 2.18. The third-order valence-electron chi connectivity index (χ3n) is 2.80. The molecule has 0 bridgehead atoms. The van der Waals surface area contributed by atoms with E-state index in [1.165, 1.54) is 23.5 Å². The molecule has 2 aromatic rings. The van der Waals surface area contributed by atoms with Crippen LogP contribution in [0.5, 0.6) is 0 Å². The zero-order valence-corrected chi connectivity index (χ0v) is 12.6. The molecule has 0 unspecified atom stereocenters. The number of thiophene rings is 1. The molecular weight excluding hydrogens is 294 g/mol. The number of hydrogen-bond acceptors (Lipinski definition) is 4. The summed E-state index contributed by atoms with van der Waals surface area (Å²) in [4.78, 5) is 12.7. The Morgan fingerprint density at radius 3 is 2.70 bits per heavy atom. The van der Waals surface area contributed by atoms with Crippen LogP contribution in [0.4, 0.5) is 0 Å². The van der Waals surface area contributed by atoms with Gasteiger partial charge in [0.1, 0.15) is 0 Å². The third kappa shape index (κ3) is 3.53. The minimum absolute atomic E-state index is 0.0692. The summed E-state index contributed by atoms with van der Waals surface area (Å²) in [5, 5.41) is 1.89. The highest BCUT2D eigenvalue weighted by Gasteiger charge is 2.15. The molecule has 1 heterocycles. The summed E-state index contributed by atoms with van der Waals surface area (Å²) in [5.74, 6) is -0.0692. The van der Waals surface area contributed by atoms with E-state index < -0.39 is 10.0 Å². The van der Waals surface area contributed by atoms with Crippen molar-refractivity contribution >= 4 is 27.1 Å². The maximum atomic E-state index is 12.2. The lowest BCUT2D eigenvalue weighted by atomic mass is 10.1. The summed E-state index contributed by atoms with van der Waals surface area (Å²) in [6, 6.07) is 9.86. The van der Waals surface area contributed by atoms with E-state index in [4.69, 9.17) is 0 Å². The largest absolute Gasteiger partial charge is 0.294 e. The van der Waals surface area contributed by atoms with Crippen molar-refractivity contribution in [1.29, 1.82) is 0 Å². The van der Waals surface area contributed by atoms with Crippen molar-refractivity contribution < 1.29 is 13.2 Å². The second-order valence-electron chi connectivity index (χ2n) is 4.21. The first-order chi connectivity index (χ1) is 9.53. The van der Waals surface area contributed by atoms with Gasteiger partial charge in [-0.15, -0.1) is 11.3 Å². The van der Waals surface area contributed by atoms with Gasteiger partial charge < -0.3 is 0 Å². The van der Waals surface area contributed by atoms with Gasteiger partial charge in [-0.3, -0.25) is 4.79 Å². The first kappa shape index (κ1) is 14.9. The number of carbonyl (C=O) groups is 1. The van der Waals surface area contributed by atoms with Crippen molar-refractivity contribution in [2.24, 2.45) is 0 Å². The van der Waals surface area contributed by atoms with E-state index in [0.717, 1.165) is 4.88 Å². The average molecular weight is 309 g/mol. The Bertz CT molecular complexity index is 691. The lowest BCUT2D eigenvalue weighted by Crippen LogP contribution is -2.23. The molecule has 0 aliphatic carbocycles. The van der Waals surface area contributed by atoms with Crippen molar-refractivity contribution in [2.75, 3.05) is 0 Å². The minimum Gasteiger partial charge on any atom is -0.294 e. The van der Waals surface area contributed by atoms with Crippen LogP contribution in [0.3, 0.4) is 0 Å². The smallest absolute Gasteiger partial charge is 0.240 e. The standard InChI is InChI=1S/C14H15NO3S2/c1-2-14(16)11-5-3-7-13(9-11)20(17,18)15-10-12-6-4-8-19-12/h3-9,15H,2,10H2,1H3. The van der Waals surface area contributed by atoms with Gasteiger partial charge in [-0.25, -0.2) is 13.1 Å². The lowest BCUT2D eigenvalue weighted by Gasteiger charge is -2.07. The van der Waals surface area contributed by atoms with Gasteiger partial charge in [0.15, 0.2) is 5.78 Å². The van der Waals surface area contributed by atoms with E-state index >= 15 is 0 Å². The Labute approximate surface area is 122 Å². The summed E-state index contributed by atoms with van der Waals surface area (Å²) in [7, 11) is -3.60. The summed E-state index contributed by atoms with van der Waals surface area (Å²) in [6.45, 7) is 2.00. The molecule has 0 saturated carbocycles. The zero-order valence-electron chi connectivity index (χ0n) is 11.0. The highest BCUT2D eigenvalue weighted by molar-refractivity contribution is 7.89. The van der Waals surface area contributed by atoms with E-state index in [1.54, 1.807) is 19.1 Å². The average Bonchev–Trinajstić information content (AvgIpc) is 2.98. The molecule has 106 valence electrons. The van der Waals surface area contributed by atoms with E-state index in [-0.39, 0.29) is 17.2 Å². The van der Waals surface area contributed by atoms with Gasteiger partial charge >= 0.3 is 0 Å². The molecule has 0 amide bonds. The van der Waals surface area contributed by atoms with Crippen LogP contribution in [0, 0.1) is 0 Å². The molecule has 20 heavy (non-hydrogen) atoms. The maximum absolute atomic E-state index is 12.2. The fraction of sp³-hybridized carbons (Fsp3) is 0.214. The second-order valence-corrected chi connectivity index (χ2v) is 7.01. The molecule has 1 aromatic heterocycles. The molecule has 2 rings (SSSR count). The third-order valence-corrected chi connectivity index (χ3v) is 5.08. The summed E-state index contributed by atoms with van der Waals surface area (Å²) < 4.78 is 26.9. The van der Waals surface area contributed by atoms with Crippen molar-refractivity contribution in [3.63, 3.8) is 0 Å². The monoisotopic (exact) mass is 309 g/mol. The Hall–Kier alpha value is -1.50. The lowest BCUT2D eigenvalue weighted by molar-refractivity contribution is 0.0988. The van der Waals surface area contributed by atoms with Crippen LogP contribution in [0.25, 0.3) is 0 Å². The second kappa shape index (κ2) is 6.30. The van der Waals surface area contributed by atoms with Gasteiger partial charge in [-0.1, -0.05) is 25.1 Å². The van der Waals surface area contributed by atoms with Crippen LogP contribution < -0.4 is 4.72 Å². The van der Waals surface area contributed by atoms with Crippen LogP contribution >= 0.6 is 11.3 Å². The predicted octanol–water partition coefficient (Wildman–Crippen LogP) is 2.82. The Morgan fingerprint density at radius 1 is 1.25 bits per heavy atom. The molecule has 0 atom stereocenters. The number of hydrogen-bond donors (Lipinski definition) is 1. The molecule has 0 fully saturated rings.